The van der Waals surface area contributed by atoms with Crippen LogP contribution in [0.4, 0.5) is 5.69 Å². The molecule has 1 N–H and O–H groups in total. The van der Waals surface area contributed by atoms with Gasteiger partial charge in [0.2, 0.25) is 15.9 Å². The Morgan fingerprint density at radius 3 is 2.42 bits per heavy atom. The highest BCUT2D eigenvalue weighted by molar-refractivity contribution is 7.98. The van der Waals surface area contributed by atoms with Crippen LogP contribution < -0.4 is 5.32 Å². The number of thioether (sulfide) groups is 1. The van der Waals surface area contributed by atoms with E-state index in [2.05, 4.69) is 23.5 Å². The lowest BCUT2D eigenvalue weighted by molar-refractivity contribution is -0.120. The van der Waals surface area contributed by atoms with Gasteiger partial charge in [0.1, 0.15) is 0 Å². The van der Waals surface area contributed by atoms with Gasteiger partial charge in [-0.3, -0.25) is 4.79 Å². The van der Waals surface area contributed by atoms with Crippen molar-refractivity contribution < 1.29 is 13.2 Å². The van der Waals surface area contributed by atoms with E-state index in [1.807, 2.05) is 37.3 Å². The Morgan fingerprint density at radius 1 is 1.03 bits per heavy atom. The number of benzene rings is 3. The van der Waals surface area contributed by atoms with Gasteiger partial charge in [0, 0.05) is 45.4 Å². The van der Waals surface area contributed by atoms with Gasteiger partial charge in [0.15, 0.2) is 0 Å². The van der Waals surface area contributed by atoms with Crippen LogP contribution in [0.15, 0.2) is 71.6 Å². The maximum Gasteiger partial charge on any atom is 0.227 e. The van der Waals surface area contributed by atoms with Crippen LogP contribution >= 0.6 is 35.0 Å². The molecule has 0 unspecified atom stereocenters. The molecule has 1 amide bonds. The lowest BCUT2D eigenvalue weighted by atomic mass is 9.97. The number of aryl methyl sites for hydroxylation is 1. The molecule has 3 aromatic rings. The summed E-state index contributed by atoms with van der Waals surface area (Å²) in [5, 5.41) is 3.84. The summed E-state index contributed by atoms with van der Waals surface area (Å²) in [6.45, 7) is 2.60. The Balaban J connectivity index is 1.30. The molecule has 0 radical (unpaired) electrons. The van der Waals surface area contributed by atoms with Crippen molar-refractivity contribution in [2.45, 2.75) is 36.2 Å². The van der Waals surface area contributed by atoms with Crippen LogP contribution in [-0.2, 0) is 26.3 Å². The number of amides is 1. The third-order valence-electron chi connectivity index (χ3n) is 6.27. The third-order valence-corrected chi connectivity index (χ3v) is 9.77. The van der Waals surface area contributed by atoms with Gasteiger partial charge in [-0.05, 0) is 66.8 Å². The standard InChI is InChI=1S/C27H28Cl2N2O3S2/c1-19-15-20(17-35-24-5-3-2-4-6-24)7-10-26(19)30-27(32)21-11-13-31(14-12-21)36(33,34)18-22-8-9-23(28)16-25(22)29/h2-10,15-16,21H,11-14,17-18H2,1H3,(H,30,32). The molecule has 0 aliphatic carbocycles. The van der Waals surface area contributed by atoms with Crippen molar-refractivity contribution in [2.75, 3.05) is 18.4 Å². The third kappa shape index (κ3) is 7.05. The van der Waals surface area contributed by atoms with Crippen LogP contribution in [0.1, 0.15) is 29.5 Å². The molecular weight excluding hydrogens is 535 g/mol. The molecule has 36 heavy (non-hydrogen) atoms. The molecule has 0 saturated carbocycles. The molecule has 0 aromatic heterocycles. The van der Waals surface area contributed by atoms with Gasteiger partial charge in [-0.25, -0.2) is 12.7 Å². The van der Waals surface area contributed by atoms with Crippen molar-refractivity contribution in [1.82, 2.24) is 4.31 Å². The largest absolute Gasteiger partial charge is 0.326 e. The van der Waals surface area contributed by atoms with Crippen LogP contribution in [0.25, 0.3) is 0 Å². The summed E-state index contributed by atoms with van der Waals surface area (Å²) in [6, 6.07) is 21.1. The molecule has 1 saturated heterocycles. The van der Waals surface area contributed by atoms with Gasteiger partial charge in [-0.15, -0.1) is 11.8 Å². The van der Waals surface area contributed by atoms with Crippen LogP contribution in [0.5, 0.6) is 0 Å². The minimum atomic E-state index is -3.54. The van der Waals surface area contributed by atoms with E-state index in [0.717, 1.165) is 17.0 Å². The predicted molar refractivity (Wildman–Crippen MR) is 149 cm³/mol. The fraction of sp³-hybridized carbons (Fsp3) is 0.296. The van der Waals surface area contributed by atoms with Crippen molar-refractivity contribution in [1.29, 1.82) is 0 Å². The molecule has 1 fully saturated rings. The van der Waals surface area contributed by atoms with Gasteiger partial charge < -0.3 is 5.32 Å². The number of nitrogens with zero attached hydrogens (tertiary/aromatic N) is 1. The van der Waals surface area contributed by atoms with E-state index < -0.39 is 10.0 Å². The molecule has 0 bridgehead atoms. The zero-order chi connectivity index (χ0) is 25.7. The van der Waals surface area contributed by atoms with Crippen LogP contribution in [0, 0.1) is 12.8 Å². The lowest BCUT2D eigenvalue weighted by Crippen LogP contribution is -2.42. The number of carbonyl (C=O) groups excluding carboxylic acids is 1. The van der Waals surface area contributed by atoms with E-state index in [1.54, 1.807) is 30.0 Å². The van der Waals surface area contributed by atoms with Crippen molar-refractivity contribution in [3.8, 4) is 0 Å². The number of sulfonamides is 1. The number of anilines is 1. The number of nitrogens with one attached hydrogen (secondary N) is 1. The smallest absolute Gasteiger partial charge is 0.227 e. The van der Waals surface area contributed by atoms with E-state index >= 15 is 0 Å². The molecule has 0 atom stereocenters. The molecule has 1 heterocycles. The minimum absolute atomic E-state index is 0.0673. The highest BCUT2D eigenvalue weighted by Gasteiger charge is 2.31. The first-order valence-electron chi connectivity index (χ1n) is 11.7. The molecule has 190 valence electrons. The molecule has 3 aromatic carbocycles. The fourth-order valence-electron chi connectivity index (χ4n) is 4.20. The quantitative estimate of drug-likeness (QED) is 0.307. The average Bonchev–Trinajstić information content (AvgIpc) is 2.86. The predicted octanol–water partition coefficient (Wildman–Crippen LogP) is 6.77. The number of hydrogen-bond donors (Lipinski definition) is 1. The Kier molecular flexibility index (Phi) is 9.01. The van der Waals surface area contributed by atoms with Crippen LogP contribution in [-0.4, -0.2) is 31.7 Å². The number of rotatable bonds is 8. The Hall–Kier alpha value is -2.03. The first-order valence-corrected chi connectivity index (χ1v) is 15.1. The molecule has 5 nitrogen and oxygen atoms in total. The van der Waals surface area contributed by atoms with E-state index in [1.165, 1.54) is 14.8 Å². The Labute approximate surface area is 227 Å². The SMILES string of the molecule is Cc1cc(CSc2ccccc2)ccc1NC(=O)C1CCN(S(=O)(=O)Cc2ccc(Cl)cc2Cl)CC1. The second kappa shape index (κ2) is 12.0. The van der Waals surface area contributed by atoms with E-state index in [9.17, 15) is 13.2 Å². The Bertz CT molecular complexity index is 1330. The minimum Gasteiger partial charge on any atom is -0.326 e. The summed E-state index contributed by atoms with van der Waals surface area (Å²) in [5.74, 6) is 0.367. The molecule has 4 rings (SSSR count). The monoisotopic (exact) mass is 562 g/mol. The molecule has 1 aliphatic heterocycles. The van der Waals surface area contributed by atoms with Gasteiger partial charge in [0.05, 0.1) is 5.75 Å². The van der Waals surface area contributed by atoms with Gasteiger partial charge in [0.25, 0.3) is 0 Å². The summed E-state index contributed by atoms with van der Waals surface area (Å²) in [7, 11) is -3.54. The normalized spacial score (nSPS) is 15.1. The van der Waals surface area contributed by atoms with Gasteiger partial charge >= 0.3 is 0 Å². The van der Waals surface area contributed by atoms with Crippen LogP contribution in [0.2, 0.25) is 10.0 Å². The van der Waals surface area contributed by atoms with Crippen molar-refractivity contribution in [3.05, 3.63) is 93.5 Å². The van der Waals surface area contributed by atoms with E-state index in [-0.39, 0.29) is 17.6 Å². The topological polar surface area (TPSA) is 66.5 Å². The first kappa shape index (κ1) is 27.0. The fourth-order valence-corrected chi connectivity index (χ4v) is 7.21. The summed E-state index contributed by atoms with van der Waals surface area (Å²) >= 11 is 13.8. The first-order chi connectivity index (χ1) is 17.2. The molecule has 1 aliphatic rings. The number of piperidine rings is 1. The highest BCUT2D eigenvalue weighted by Crippen LogP contribution is 2.28. The zero-order valence-corrected chi connectivity index (χ0v) is 23.1. The van der Waals surface area contributed by atoms with Crippen LogP contribution in [0.3, 0.4) is 0 Å². The lowest BCUT2D eigenvalue weighted by Gasteiger charge is -2.30. The number of hydrogen-bond acceptors (Lipinski definition) is 4. The highest BCUT2D eigenvalue weighted by atomic mass is 35.5. The number of halogens is 2. The molecule has 0 spiro atoms. The van der Waals surface area contributed by atoms with Crippen molar-refractivity contribution in [3.63, 3.8) is 0 Å². The molecule has 9 heteroatoms. The number of carbonyl (C=O) groups is 1. The Morgan fingerprint density at radius 2 is 1.75 bits per heavy atom. The summed E-state index contributed by atoms with van der Waals surface area (Å²) < 4.78 is 27.3. The zero-order valence-electron chi connectivity index (χ0n) is 19.9. The second-order valence-corrected chi connectivity index (χ2v) is 12.8. The summed E-state index contributed by atoms with van der Waals surface area (Å²) in [4.78, 5) is 14.1. The maximum atomic E-state index is 12.9. The average molecular weight is 564 g/mol. The van der Waals surface area contributed by atoms with E-state index in [0.29, 0.717) is 41.5 Å². The van der Waals surface area contributed by atoms with Gasteiger partial charge in [-0.2, -0.15) is 0 Å². The van der Waals surface area contributed by atoms with Gasteiger partial charge in [-0.1, -0.05) is 59.6 Å². The van der Waals surface area contributed by atoms with Crippen molar-refractivity contribution >= 4 is 56.6 Å². The van der Waals surface area contributed by atoms with Crippen molar-refractivity contribution in [2.24, 2.45) is 5.92 Å². The second-order valence-electron chi connectivity index (χ2n) is 8.91. The molecular formula is C27H28Cl2N2O3S2. The maximum absolute atomic E-state index is 12.9. The van der Waals surface area contributed by atoms with E-state index in [4.69, 9.17) is 23.2 Å². The summed E-state index contributed by atoms with van der Waals surface area (Å²) in [6.07, 6.45) is 0.953. The summed E-state index contributed by atoms with van der Waals surface area (Å²) in [5.41, 5.74) is 3.51.